The number of hydrogen-bond acceptors (Lipinski definition) is 4. The number of amides is 1. The van der Waals surface area contributed by atoms with Gasteiger partial charge in [0.05, 0.1) is 22.9 Å². The first kappa shape index (κ1) is 24.1. The van der Waals surface area contributed by atoms with E-state index >= 15 is 0 Å². The molecule has 4 rings (SSSR count). The van der Waals surface area contributed by atoms with Crippen molar-refractivity contribution >= 4 is 37.5 Å². The van der Waals surface area contributed by atoms with Crippen LogP contribution in [-0.4, -0.2) is 31.7 Å². The minimum absolute atomic E-state index is 0.132. The average Bonchev–Trinajstić information content (AvgIpc) is 3.64. The number of anilines is 1. The molecule has 1 aliphatic carbocycles. The molecular weight excluding hydrogens is 514 g/mol. The minimum Gasteiger partial charge on any atom is -0.325 e. The summed E-state index contributed by atoms with van der Waals surface area (Å²) in [5, 5.41) is 12.1. The first-order valence-corrected chi connectivity index (χ1v) is 13.2. The van der Waals surface area contributed by atoms with Crippen molar-refractivity contribution in [3.05, 3.63) is 94.5 Å². The van der Waals surface area contributed by atoms with Gasteiger partial charge in [-0.3, -0.25) is 4.79 Å². The normalized spacial score (nSPS) is 14.4. The SMILES string of the molecule is N#CC1(c2ccc(NC(=O)CN(CCc3ccccc3)S(=O)(=O)c3ccc(Br)cc3)cc2)CC1. The summed E-state index contributed by atoms with van der Waals surface area (Å²) in [6.07, 6.45) is 2.17. The van der Waals surface area contributed by atoms with E-state index in [0.29, 0.717) is 12.1 Å². The van der Waals surface area contributed by atoms with Gasteiger partial charge in [0.1, 0.15) is 0 Å². The highest BCUT2D eigenvalue weighted by Crippen LogP contribution is 2.47. The highest BCUT2D eigenvalue weighted by atomic mass is 79.9. The second-order valence-corrected chi connectivity index (χ2v) is 11.2. The van der Waals surface area contributed by atoms with E-state index in [0.717, 1.165) is 28.4 Å². The smallest absolute Gasteiger partial charge is 0.243 e. The highest BCUT2D eigenvalue weighted by Gasteiger charge is 2.44. The standard InChI is InChI=1S/C26H24BrN3O3S/c27-22-8-12-24(13-9-22)34(32,33)30(17-14-20-4-2-1-3-5-20)18-25(31)29-23-10-6-21(7-11-23)26(19-28)15-16-26/h1-13H,14-18H2,(H,29,31). The first-order chi connectivity index (χ1) is 16.3. The van der Waals surface area contributed by atoms with Gasteiger partial charge in [-0.05, 0) is 66.8 Å². The molecule has 174 valence electrons. The Morgan fingerprint density at radius 2 is 1.65 bits per heavy atom. The monoisotopic (exact) mass is 537 g/mol. The van der Waals surface area contributed by atoms with Crippen LogP contribution in [0.4, 0.5) is 5.69 Å². The number of hydrogen-bond donors (Lipinski definition) is 1. The van der Waals surface area contributed by atoms with Crippen LogP contribution in [0.1, 0.15) is 24.0 Å². The van der Waals surface area contributed by atoms with E-state index in [1.54, 1.807) is 24.3 Å². The lowest BCUT2D eigenvalue weighted by Crippen LogP contribution is -2.39. The molecule has 1 amide bonds. The number of rotatable bonds is 9. The number of halogens is 1. The zero-order valence-corrected chi connectivity index (χ0v) is 20.8. The molecule has 0 bridgehead atoms. The van der Waals surface area contributed by atoms with Gasteiger partial charge in [-0.2, -0.15) is 9.57 Å². The van der Waals surface area contributed by atoms with E-state index < -0.39 is 21.3 Å². The quantitative estimate of drug-likeness (QED) is 0.421. The fourth-order valence-electron chi connectivity index (χ4n) is 3.76. The lowest BCUT2D eigenvalue weighted by molar-refractivity contribution is -0.116. The van der Waals surface area contributed by atoms with Gasteiger partial charge in [-0.25, -0.2) is 8.42 Å². The number of nitrogens with zero attached hydrogens (tertiary/aromatic N) is 2. The molecule has 34 heavy (non-hydrogen) atoms. The minimum atomic E-state index is -3.88. The molecule has 0 aromatic heterocycles. The van der Waals surface area contributed by atoms with E-state index in [4.69, 9.17) is 0 Å². The van der Waals surface area contributed by atoms with Gasteiger partial charge in [-0.1, -0.05) is 58.4 Å². The third-order valence-electron chi connectivity index (χ3n) is 5.95. The van der Waals surface area contributed by atoms with E-state index in [9.17, 15) is 18.5 Å². The van der Waals surface area contributed by atoms with Crippen LogP contribution in [0.5, 0.6) is 0 Å². The van der Waals surface area contributed by atoms with Crippen molar-refractivity contribution in [2.75, 3.05) is 18.4 Å². The summed E-state index contributed by atoms with van der Waals surface area (Å²) in [6, 6.07) is 25.5. The molecule has 0 spiro atoms. The van der Waals surface area contributed by atoms with Crippen molar-refractivity contribution in [2.24, 2.45) is 0 Å². The van der Waals surface area contributed by atoms with Crippen LogP contribution < -0.4 is 5.32 Å². The van der Waals surface area contributed by atoms with Crippen molar-refractivity contribution in [3.8, 4) is 6.07 Å². The maximum Gasteiger partial charge on any atom is 0.243 e. The van der Waals surface area contributed by atoms with Gasteiger partial charge in [0.15, 0.2) is 0 Å². The molecule has 1 fully saturated rings. The van der Waals surface area contributed by atoms with Crippen LogP contribution in [0.15, 0.2) is 88.2 Å². The molecule has 0 heterocycles. The van der Waals surface area contributed by atoms with Gasteiger partial charge >= 0.3 is 0 Å². The van der Waals surface area contributed by atoms with Crippen LogP contribution in [0, 0.1) is 11.3 Å². The second-order valence-electron chi connectivity index (χ2n) is 8.35. The summed E-state index contributed by atoms with van der Waals surface area (Å²) in [4.78, 5) is 13.0. The van der Waals surface area contributed by atoms with E-state index in [2.05, 4.69) is 27.3 Å². The Balaban J connectivity index is 1.49. The van der Waals surface area contributed by atoms with Gasteiger partial charge in [-0.15, -0.1) is 0 Å². The van der Waals surface area contributed by atoms with Crippen LogP contribution in [-0.2, 0) is 26.7 Å². The number of sulfonamides is 1. The fraction of sp³-hybridized carbons (Fsp3) is 0.231. The molecule has 0 radical (unpaired) electrons. The molecule has 0 unspecified atom stereocenters. The number of carbonyl (C=O) groups excluding carboxylic acids is 1. The topological polar surface area (TPSA) is 90.3 Å². The Kier molecular flexibility index (Phi) is 7.17. The first-order valence-electron chi connectivity index (χ1n) is 10.9. The second kappa shape index (κ2) is 10.1. The summed E-state index contributed by atoms with van der Waals surface area (Å²) in [6.45, 7) is -0.144. The molecule has 8 heteroatoms. The average molecular weight is 538 g/mol. The Morgan fingerprint density at radius 3 is 2.24 bits per heavy atom. The number of nitriles is 1. The summed E-state index contributed by atoms with van der Waals surface area (Å²) < 4.78 is 28.7. The van der Waals surface area contributed by atoms with E-state index in [1.807, 2.05) is 42.5 Å². The maximum absolute atomic E-state index is 13.3. The molecule has 0 atom stereocenters. The molecule has 3 aromatic carbocycles. The molecule has 1 N–H and O–H groups in total. The van der Waals surface area contributed by atoms with E-state index in [-0.39, 0.29) is 18.0 Å². The van der Waals surface area contributed by atoms with Crippen molar-refractivity contribution in [2.45, 2.75) is 29.6 Å². The zero-order valence-electron chi connectivity index (χ0n) is 18.4. The largest absolute Gasteiger partial charge is 0.325 e. The maximum atomic E-state index is 13.3. The molecule has 1 aliphatic rings. The lowest BCUT2D eigenvalue weighted by atomic mass is 9.98. The van der Waals surface area contributed by atoms with Crippen LogP contribution in [0.25, 0.3) is 0 Å². The van der Waals surface area contributed by atoms with Crippen molar-refractivity contribution < 1.29 is 13.2 Å². The van der Waals surface area contributed by atoms with Crippen LogP contribution >= 0.6 is 15.9 Å². The third-order valence-corrected chi connectivity index (χ3v) is 8.34. The van der Waals surface area contributed by atoms with Crippen molar-refractivity contribution in [1.29, 1.82) is 5.26 Å². The van der Waals surface area contributed by atoms with Crippen molar-refractivity contribution in [3.63, 3.8) is 0 Å². The number of nitrogens with one attached hydrogen (secondary N) is 1. The third kappa shape index (κ3) is 5.55. The van der Waals surface area contributed by atoms with Crippen LogP contribution in [0.2, 0.25) is 0 Å². The molecule has 0 saturated heterocycles. The zero-order chi connectivity index (χ0) is 24.2. The van der Waals surface area contributed by atoms with Gasteiger partial charge in [0, 0.05) is 16.7 Å². The van der Waals surface area contributed by atoms with Gasteiger partial charge in [0.2, 0.25) is 15.9 Å². The Morgan fingerprint density at radius 1 is 1.00 bits per heavy atom. The Bertz CT molecular complexity index is 1300. The fourth-order valence-corrected chi connectivity index (χ4v) is 5.42. The van der Waals surface area contributed by atoms with Crippen molar-refractivity contribution in [1.82, 2.24) is 4.31 Å². The molecule has 0 aliphatic heterocycles. The molecule has 1 saturated carbocycles. The highest BCUT2D eigenvalue weighted by molar-refractivity contribution is 9.10. The molecule has 6 nitrogen and oxygen atoms in total. The van der Waals surface area contributed by atoms with Gasteiger partial charge < -0.3 is 5.32 Å². The summed E-state index contributed by atoms with van der Waals surface area (Å²) in [5.41, 5.74) is 2.10. The van der Waals surface area contributed by atoms with Crippen LogP contribution in [0.3, 0.4) is 0 Å². The van der Waals surface area contributed by atoms with E-state index in [1.165, 1.54) is 16.4 Å². The Labute approximate surface area is 208 Å². The summed E-state index contributed by atoms with van der Waals surface area (Å²) in [7, 11) is -3.88. The number of benzene rings is 3. The Hall–Kier alpha value is -2.99. The predicted octanol–water partition coefficient (Wildman–Crippen LogP) is 4.88. The summed E-state index contributed by atoms with van der Waals surface area (Å²) in [5.74, 6) is -0.428. The lowest BCUT2D eigenvalue weighted by Gasteiger charge is -2.22. The van der Waals surface area contributed by atoms with Gasteiger partial charge in [0.25, 0.3) is 0 Å². The summed E-state index contributed by atoms with van der Waals surface area (Å²) >= 11 is 3.32. The molecule has 3 aromatic rings. The predicted molar refractivity (Wildman–Crippen MR) is 135 cm³/mol. The number of carbonyl (C=O) groups is 1. The molecular formula is C26H24BrN3O3S.